The van der Waals surface area contributed by atoms with E-state index in [-0.39, 0.29) is 39.3 Å². The number of carbonyl (C=O) groups excluding carboxylic acids is 4. The van der Waals surface area contributed by atoms with E-state index in [1.807, 2.05) is 0 Å². The third-order valence-electron chi connectivity index (χ3n) is 10.2. The van der Waals surface area contributed by atoms with E-state index in [0.717, 1.165) is 0 Å². The molecule has 0 amide bonds. The van der Waals surface area contributed by atoms with E-state index >= 15 is 0 Å². The largest absolute Gasteiger partial charge is 3.00 e. The van der Waals surface area contributed by atoms with Crippen molar-refractivity contribution in [3.05, 3.63) is 166 Å². The summed E-state index contributed by atoms with van der Waals surface area (Å²) < 4.78 is 0. The molecule has 0 fully saturated rings. The summed E-state index contributed by atoms with van der Waals surface area (Å²) in [5.41, 5.74) is 8.39. The Balaban J connectivity index is 0.00000514. The Hall–Kier alpha value is -8.12. The smallest absolute Gasteiger partial charge is 0.657 e. The van der Waals surface area contributed by atoms with Crippen LogP contribution in [0.2, 0.25) is 0 Å². The monoisotopic (exact) mass is 840 g/mol. The molecule has 8 bridgehead atoms. The number of hydrogen-bond donors (Lipinski definition) is 0. The Morgan fingerprint density at radius 1 is 0.328 bits per heavy atom. The molecule has 4 aromatic carbocycles. The molecule has 0 atom stereocenters. The molecule has 5 heterocycles. The SMILES string of the molecule is O=C([O-])c1ccc(-c2c3nc(c(-c4ccc(C(=O)[O-])cc4)c4ccc([n-]4)c(-c4ccc(C(=O)[O-])cc4)c4nc(c(-c5ccc(C(=O)[O-])cc5)c5ccc2[n-]5)C=C4)C=C3)cc1.[Fe+3]. The van der Waals surface area contributed by atoms with Crippen molar-refractivity contribution in [1.29, 1.82) is 0 Å². The number of nitrogens with zero attached hydrogens (tertiary/aromatic N) is 4. The molecule has 0 aliphatic carbocycles. The van der Waals surface area contributed by atoms with E-state index in [1.54, 1.807) is 97.1 Å². The summed E-state index contributed by atoms with van der Waals surface area (Å²) in [4.78, 5) is 67.2. The van der Waals surface area contributed by atoms with Crippen LogP contribution in [0.1, 0.15) is 64.2 Å². The van der Waals surface area contributed by atoms with Gasteiger partial charge in [-0.15, -0.1) is 22.1 Å². The van der Waals surface area contributed by atoms with Gasteiger partial charge in [0.25, 0.3) is 0 Å². The molecule has 9 rings (SSSR count). The number of hydrogen-bond acceptors (Lipinski definition) is 10. The van der Waals surface area contributed by atoms with Crippen LogP contribution in [0.3, 0.4) is 0 Å². The van der Waals surface area contributed by atoms with E-state index in [0.29, 0.717) is 89.4 Å². The van der Waals surface area contributed by atoms with Gasteiger partial charge in [-0.1, -0.05) is 121 Å². The molecule has 61 heavy (non-hydrogen) atoms. The number of carboxylic acids is 4. The van der Waals surface area contributed by atoms with Gasteiger partial charge in [0.1, 0.15) is 0 Å². The molecule has 0 unspecified atom stereocenters. The van der Waals surface area contributed by atoms with E-state index in [2.05, 4.69) is 0 Å². The van der Waals surface area contributed by atoms with Gasteiger partial charge in [-0.2, -0.15) is 0 Å². The summed E-state index contributed by atoms with van der Waals surface area (Å²) in [5.74, 6) is -5.34. The van der Waals surface area contributed by atoms with Gasteiger partial charge in [0.15, 0.2) is 0 Å². The van der Waals surface area contributed by atoms with Crippen LogP contribution in [-0.2, 0) is 17.1 Å². The van der Waals surface area contributed by atoms with Gasteiger partial charge in [-0.05, 0) is 91.1 Å². The van der Waals surface area contributed by atoms with Crippen molar-refractivity contribution in [3.63, 3.8) is 0 Å². The summed E-state index contributed by atoms with van der Waals surface area (Å²) in [6, 6.07) is 31.8. The number of benzene rings is 4. The topological polar surface area (TPSA) is 214 Å². The maximum Gasteiger partial charge on any atom is 3.00 e. The average Bonchev–Trinajstić information content (AvgIpc) is 4.10. The van der Waals surface area contributed by atoms with Gasteiger partial charge in [0, 0.05) is 0 Å². The summed E-state index contributed by atoms with van der Waals surface area (Å²) in [6.45, 7) is 0. The van der Waals surface area contributed by atoms with Crippen LogP contribution in [0, 0.1) is 0 Å². The molecule has 13 heteroatoms. The standard InChI is InChI=1S/C48H30N4O8.Fe/c53-45(54)29-9-1-25(2-10-29)41-33-17-19-35(49-33)42(26-3-11-30(12-4-26)46(55)56)37-21-23-39(51-37)44(28-7-15-32(16-8-28)48(59)60)40-24-22-38(52-40)43(36-20-18-34(41)50-36)27-5-13-31(14-6-27)47(57)58;/h1-24H,(H6,49,50,51,52,53,54,55,56,57,58,59,60);/q;+3/p-6. The van der Waals surface area contributed by atoms with Crippen LogP contribution in [0.25, 0.3) is 90.9 Å². The molecule has 12 nitrogen and oxygen atoms in total. The minimum absolute atomic E-state index is 0. The summed E-state index contributed by atoms with van der Waals surface area (Å²) >= 11 is 0. The van der Waals surface area contributed by atoms with Crippen LogP contribution < -0.4 is 30.4 Å². The minimum atomic E-state index is -1.34. The second kappa shape index (κ2) is 15.9. The fourth-order valence-electron chi connectivity index (χ4n) is 7.36. The average molecular weight is 841 g/mol. The molecular weight excluding hydrogens is 816 g/mol. The van der Waals surface area contributed by atoms with Crippen molar-refractivity contribution in [1.82, 2.24) is 19.9 Å². The number of carbonyl (C=O) groups is 4. The van der Waals surface area contributed by atoms with Crippen molar-refractivity contribution < 1.29 is 56.7 Å². The zero-order chi connectivity index (χ0) is 41.7. The Bertz CT molecular complexity index is 2760. The molecule has 1 radical (unpaired) electrons. The molecule has 2 aliphatic heterocycles. The molecule has 0 saturated carbocycles. The fourth-order valence-corrected chi connectivity index (χ4v) is 7.36. The van der Waals surface area contributed by atoms with E-state index < -0.39 is 23.9 Å². The van der Waals surface area contributed by atoms with Crippen LogP contribution in [0.4, 0.5) is 0 Å². The molecule has 0 saturated heterocycles. The predicted octanol–water partition coefficient (Wildman–Crippen LogP) is 4.03. The van der Waals surface area contributed by atoms with Crippen molar-refractivity contribution in [2.75, 3.05) is 0 Å². The molecule has 7 aromatic rings. The van der Waals surface area contributed by atoms with Gasteiger partial charge < -0.3 is 49.6 Å². The summed E-state index contributed by atoms with van der Waals surface area (Å²) in [5, 5.41) is 46.8. The van der Waals surface area contributed by atoms with E-state index in [1.165, 1.54) is 48.5 Å². The molecule has 2 aliphatic rings. The first kappa shape index (κ1) is 39.7. The number of aromatic carboxylic acids is 4. The van der Waals surface area contributed by atoms with Crippen molar-refractivity contribution in [2.24, 2.45) is 0 Å². The van der Waals surface area contributed by atoms with Crippen LogP contribution in [-0.4, -0.2) is 33.8 Å². The first-order valence-electron chi connectivity index (χ1n) is 18.4. The van der Waals surface area contributed by atoms with Crippen LogP contribution in [0.15, 0.2) is 121 Å². The zero-order valence-corrected chi connectivity index (χ0v) is 32.4. The van der Waals surface area contributed by atoms with Gasteiger partial charge in [0.2, 0.25) is 0 Å². The maximum absolute atomic E-state index is 11.7. The molecule has 0 N–H and O–H groups in total. The number of aromatic nitrogens is 4. The van der Waals surface area contributed by atoms with Crippen molar-refractivity contribution in [2.45, 2.75) is 0 Å². The minimum Gasteiger partial charge on any atom is -0.657 e. The third kappa shape index (κ3) is 7.42. The number of fused-ring (bicyclic) bond motifs is 8. The Labute approximate surface area is 356 Å². The van der Waals surface area contributed by atoms with Gasteiger partial charge >= 0.3 is 17.1 Å². The molecule has 3 aromatic heterocycles. The Morgan fingerprint density at radius 3 is 0.705 bits per heavy atom. The fraction of sp³-hybridized carbons (Fsp3) is 0. The molecule has 0 spiro atoms. The molecular formula is C48H24FeN4O8-3. The maximum atomic E-state index is 11.7. The van der Waals surface area contributed by atoms with Crippen molar-refractivity contribution in [3.8, 4) is 44.5 Å². The van der Waals surface area contributed by atoms with Crippen molar-refractivity contribution >= 4 is 70.2 Å². The van der Waals surface area contributed by atoms with Gasteiger partial charge in [0.05, 0.1) is 46.7 Å². The Morgan fingerprint density at radius 2 is 0.525 bits per heavy atom. The number of rotatable bonds is 8. The Kier molecular flexibility index (Phi) is 10.4. The van der Waals surface area contributed by atoms with Gasteiger partial charge in [-0.3, -0.25) is 0 Å². The van der Waals surface area contributed by atoms with Crippen LogP contribution >= 0.6 is 0 Å². The second-order valence-electron chi connectivity index (χ2n) is 13.8. The second-order valence-corrected chi connectivity index (χ2v) is 13.8. The van der Waals surface area contributed by atoms with Crippen LogP contribution in [0.5, 0.6) is 0 Å². The van der Waals surface area contributed by atoms with E-state index in [4.69, 9.17) is 19.9 Å². The third-order valence-corrected chi connectivity index (χ3v) is 10.2. The number of carboxylic acid groups (broad SMARTS) is 4. The quantitative estimate of drug-likeness (QED) is 0.198. The summed E-state index contributed by atoms with van der Waals surface area (Å²) in [6.07, 6.45) is 7.20. The first-order chi connectivity index (χ1) is 29.0. The molecule has 295 valence electrons. The summed E-state index contributed by atoms with van der Waals surface area (Å²) in [7, 11) is 0. The normalized spacial score (nSPS) is 11.5. The predicted molar refractivity (Wildman–Crippen MR) is 216 cm³/mol. The first-order valence-corrected chi connectivity index (χ1v) is 18.4. The van der Waals surface area contributed by atoms with Gasteiger partial charge in [-0.25, -0.2) is 9.97 Å². The zero-order valence-electron chi connectivity index (χ0n) is 31.3. The van der Waals surface area contributed by atoms with E-state index in [9.17, 15) is 39.6 Å².